The Morgan fingerprint density at radius 3 is 1.97 bits per heavy atom. The first kappa shape index (κ1) is 28.9. The van der Waals surface area contributed by atoms with Gasteiger partial charge in [0.15, 0.2) is 0 Å². The number of aliphatic hydroxyl groups is 3. The third-order valence-electron chi connectivity index (χ3n) is 6.82. The van der Waals surface area contributed by atoms with Crippen LogP contribution in [0.1, 0.15) is 89.0 Å². The van der Waals surface area contributed by atoms with E-state index in [0.717, 1.165) is 0 Å². The van der Waals surface area contributed by atoms with Crippen molar-refractivity contribution in [2.24, 2.45) is 16.7 Å². The Hall–Kier alpha value is -1.35. The van der Waals surface area contributed by atoms with Crippen LogP contribution < -0.4 is 5.32 Å². The van der Waals surface area contributed by atoms with Crippen molar-refractivity contribution in [3.8, 4) is 0 Å². The number of hydrogen-bond acceptors (Lipinski definition) is 7. The first-order chi connectivity index (χ1) is 15.2. The summed E-state index contributed by atoms with van der Waals surface area (Å²) in [5.74, 6) is -1.93. The van der Waals surface area contributed by atoms with E-state index < -0.39 is 40.1 Å². The smallest absolute Gasteiger partial charge is 0.408 e. The van der Waals surface area contributed by atoms with E-state index >= 15 is 0 Å². The molecule has 1 aliphatic carbocycles. The van der Waals surface area contributed by atoms with Gasteiger partial charge in [0.2, 0.25) is 5.79 Å². The van der Waals surface area contributed by atoms with Crippen LogP contribution in [0.3, 0.4) is 0 Å². The molecule has 34 heavy (non-hydrogen) atoms. The van der Waals surface area contributed by atoms with E-state index in [4.69, 9.17) is 14.2 Å². The average molecular weight is 486 g/mol. The summed E-state index contributed by atoms with van der Waals surface area (Å²) in [5, 5.41) is 37.7. The van der Waals surface area contributed by atoms with Crippen LogP contribution in [-0.4, -0.2) is 63.3 Å². The molecule has 0 aromatic heterocycles. The zero-order valence-corrected chi connectivity index (χ0v) is 23.0. The molecule has 0 bridgehead atoms. The largest absolute Gasteiger partial charge is 0.510 e. The standard InChI is InChI=1S/C26H47NO7/c1-12-13-24(11,31)25(23(9,10)30)19(26(25)32-14-22(7,8)15-33-26)18(28)17(16(2)3)27-20(29)34-21(4,5)6/h16-17,28,30-31H,12-15H2,1-11H3,(H,27,29)/t17-,24?,25?/m0/s1. The van der Waals surface area contributed by atoms with Gasteiger partial charge in [0.1, 0.15) is 16.8 Å². The minimum Gasteiger partial charge on any atom is -0.510 e. The van der Waals surface area contributed by atoms with Gasteiger partial charge in [-0.2, -0.15) is 0 Å². The molecule has 8 nitrogen and oxygen atoms in total. The summed E-state index contributed by atoms with van der Waals surface area (Å²) in [6.07, 6.45) is 0.315. The number of aliphatic hydroxyl groups excluding tert-OH is 1. The van der Waals surface area contributed by atoms with Gasteiger partial charge in [0.05, 0.1) is 30.5 Å². The highest BCUT2D eigenvalue weighted by Crippen LogP contribution is 2.77. The lowest BCUT2D eigenvalue weighted by atomic mass is 9.70. The lowest BCUT2D eigenvalue weighted by Crippen LogP contribution is -2.57. The summed E-state index contributed by atoms with van der Waals surface area (Å²) >= 11 is 0. The van der Waals surface area contributed by atoms with Gasteiger partial charge in [0, 0.05) is 11.0 Å². The van der Waals surface area contributed by atoms with Crippen LogP contribution in [0.15, 0.2) is 11.3 Å². The van der Waals surface area contributed by atoms with E-state index in [1.807, 2.05) is 34.6 Å². The van der Waals surface area contributed by atoms with Gasteiger partial charge in [-0.1, -0.05) is 41.0 Å². The third-order valence-corrected chi connectivity index (χ3v) is 6.82. The lowest BCUT2D eigenvalue weighted by molar-refractivity contribution is -0.295. The number of nitrogens with one attached hydrogen (secondary N) is 1. The van der Waals surface area contributed by atoms with Gasteiger partial charge < -0.3 is 34.8 Å². The summed E-state index contributed by atoms with van der Waals surface area (Å²) in [5.41, 5.74) is -5.16. The fourth-order valence-electron chi connectivity index (χ4n) is 5.57. The number of carbonyl (C=O) groups is 1. The molecule has 1 amide bonds. The van der Waals surface area contributed by atoms with E-state index in [-0.39, 0.29) is 22.7 Å². The number of amides is 1. The fourth-order valence-corrected chi connectivity index (χ4v) is 5.57. The van der Waals surface area contributed by atoms with Crippen molar-refractivity contribution in [2.75, 3.05) is 13.2 Å². The van der Waals surface area contributed by atoms with E-state index in [0.29, 0.717) is 26.1 Å². The van der Waals surface area contributed by atoms with E-state index in [2.05, 4.69) is 5.32 Å². The summed E-state index contributed by atoms with van der Waals surface area (Å²) in [6.45, 7) is 20.4. The van der Waals surface area contributed by atoms with Gasteiger partial charge in [-0.25, -0.2) is 4.79 Å². The Labute approximate surface area is 205 Å². The second kappa shape index (κ2) is 8.95. The number of hydrogen-bond donors (Lipinski definition) is 4. The molecule has 2 unspecified atom stereocenters. The fraction of sp³-hybridized carbons (Fsp3) is 0.885. The van der Waals surface area contributed by atoms with Crippen LogP contribution in [-0.2, 0) is 14.2 Å². The Balaban J connectivity index is 2.70. The van der Waals surface area contributed by atoms with Crippen molar-refractivity contribution in [3.63, 3.8) is 0 Å². The molecule has 8 heteroatoms. The minimum absolute atomic E-state index is 0.181. The molecule has 0 radical (unpaired) electrons. The van der Waals surface area contributed by atoms with Crippen LogP contribution in [0.5, 0.6) is 0 Å². The number of ether oxygens (including phenoxy) is 3. The monoisotopic (exact) mass is 485 g/mol. The Morgan fingerprint density at radius 2 is 1.59 bits per heavy atom. The van der Waals surface area contributed by atoms with Crippen LogP contribution in [0.25, 0.3) is 0 Å². The molecule has 1 saturated heterocycles. The number of alkyl carbamates (subject to hydrolysis) is 1. The van der Waals surface area contributed by atoms with Crippen molar-refractivity contribution >= 4 is 6.09 Å². The van der Waals surface area contributed by atoms with Crippen LogP contribution in [0.2, 0.25) is 0 Å². The van der Waals surface area contributed by atoms with Gasteiger partial charge >= 0.3 is 6.09 Å². The topological polar surface area (TPSA) is 117 Å². The molecule has 1 saturated carbocycles. The van der Waals surface area contributed by atoms with Crippen molar-refractivity contribution in [2.45, 2.75) is 118 Å². The summed E-state index contributed by atoms with van der Waals surface area (Å²) in [4.78, 5) is 12.6. The molecular formula is C26H47NO7. The Kier molecular flexibility index (Phi) is 7.60. The summed E-state index contributed by atoms with van der Waals surface area (Å²) in [7, 11) is 0. The molecular weight excluding hydrogens is 438 g/mol. The maximum absolute atomic E-state index is 12.6. The molecule has 4 N–H and O–H groups in total. The van der Waals surface area contributed by atoms with Gasteiger partial charge in [0.25, 0.3) is 0 Å². The van der Waals surface area contributed by atoms with Crippen molar-refractivity contribution in [1.82, 2.24) is 5.32 Å². The number of carbonyl (C=O) groups excluding carboxylic acids is 1. The lowest BCUT2D eigenvalue weighted by Gasteiger charge is -2.46. The van der Waals surface area contributed by atoms with Crippen molar-refractivity contribution in [3.05, 3.63) is 11.3 Å². The highest BCUT2D eigenvalue weighted by Gasteiger charge is 2.89. The van der Waals surface area contributed by atoms with E-state index in [9.17, 15) is 20.1 Å². The normalized spacial score (nSPS) is 28.3. The maximum Gasteiger partial charge on any atom is 0.408 e. The quantitative estimate of drug-likeness (QED) is 0.394. The minimum atomic E-state index is -1.52. The van der Waals surface area contributed by atoms with Gasteiger partial charge in [-0.15, -0.1) is 0 Å². The highest BCUT2D eigenvalue weighted by molar-refractivity contribution is 5.69. The van der Waals surface area contributed by atoms with E-state index in [1.54, 1.807) is 41.5 Å². The second-order valence-corrected chi connectivity index (χ2v) is 12.8. The molecule has 0 aromatic rings. The van der Waals surface area contributed by atoms with Crippen LogP contribution in [0.4, 0.5) is 4.79 Å². The number of rotatable bonds is 7. The molecule has 1 spiro atoms. The molecule has 1 aliphatic heterocycles. The second-order valence-electron chi connectivity index (χ2n) is 12.8. The summed E-state index contributed by atoms with van der Waals surface area (Å²) in [6, 6.07) is -0.842. The molecule has 0 aromatic carbocycles. The Bertz CT molecular complexity index is 791. The maximum atomic E-state index is 12.6. The average Bonchev–Trinajstić information content (AvgIpc) is 3.25. The zero-order valence-electron chi connectivity index (χ0n) is 23.0. The molecule has 198 valence electrons. The first-order valence-electron chi connectivity index (χ1n) is 12.4. The molecule has 1 heterocycles. The SMILES string of the molecule is CCCC(C)(O)C1(C(C)(C)O)C(=C(O)[C@@H](NC(=O)OC(C)(C)C)C(C)C)C12OCC(C)(C)CO2. The predicted molar refractivity (Wildman–Crippen MR) is 130 cm³/mol. The van der Waals surface area contributed by atoms with Crippen LogP contribution >= 0.6 is 0 Å². The van der Waals surface area contributed by atoms with Crippen molar-refractivity contribution in [1.29, 1.82) is 0 Å². The summed E-state index contributed by atoms with van der Waals surface area (Å²) < 4.78 is 18.0. The third kappa shape index (κ3) is 4.84. The molecule has 2 fully saturated rings. The molecule has 2 aliphatic rings. The first-order valence-corrected chi connectivity index (χ1v) is 12.4. The Morgan fingerprint density at radius 1 is 1.09 bits per heavy atom. The van der Waals surface area contributed by atoms with Crippen molar-refractivity contribution < 1.29 is 34.3 Å². The molecule has 2 rings (SSSR count). The van der Waals surface area contributed by atoms with Crippen LogP contribution in [0, 0.1) is 16.7 Å². The highest BCUT2D eigenvalue weighted by atomic mass is 16.7. The van der Waals surface area contributed by atoms with E-state index in [1.165, 1.54) is 0 Å². The molecule has 3 atom stereocenters. The van der Waals surface area contributed by atoms with Gasteiger partial charge in [-0.05, 0) is 53.9 Å². The zero-order chi connectivity index (χ0) is 26.5. The van der Waals surface area contributed by atoms with Gasteiger partial charge in [-0.3, -0.25) is 0 Å². The predicted octanol–water partition coefficient (Wildman–Crippen LogP) is 4.44.